The van der Waals surface area contributed by atoms with Gasteiger partial charge in [0.15, 0.2) is 23.3 Å². The predicted octanol–water partition coefficient (Wildman–Crippen LogP) is 2.05. The van der Waals surface area contributed by atoms with E-state index in [2.05, 4.69) is 0 Å². The third-order valence-corrected chi connectivity index (χ3v) is 2.47. The van der Waals surface area contributed by atoms with Crippen LogP contribution in [0.5, 0.6) is 0 Å². The highest BCUT2D eigenvalue weighted by atomic mass is 19.3. The van der Waals surface area contributed by atoms with Gasteiger partial charge in [0.2, 0.25) is 5.82 Å². The Morgan fingerprint density at radius 2 is 1.38 bits per heavy atom. The van der Waals surface area contributed by atoms with Crippen LogP contribution in [0.15, 0.2) is 0 Å². The van der Waals surface area contributed by atoms with E-state index in [0.717, 1.165) is 0 Å². The maximum absolute atomic E-state index is 13.4. The molecule has 21 heavy (non-hydrogen) atoms. The molecule has 0 aromatic heterocycles. The number of amides is 1. The van der Waals surface area contributed by atoms with Crippen molar-refractivity contribution < 1.29 is 35.5 Å². The zero-order valence-corrected chi connectivity index (χ0v) is 10.3. The smallest absolute Gasteiger partial charge is 0.260 e. The number of rotatable bonds is 5. The first-order valence-electron chi connectivity index (χ1n) is 5.51. The second-order valence-corrected chi connectivity index (χ2v) is 3.88. The molecule has 1 aromatic rings. The molecule has 0 unspecified atom stereocenters. The van der Waals surface area contributed by atoms with Crippen LogP contribution in [-0.4, -0.2) is 36.9 Å². The molecule has 3 nitrogen and oxygen atoms in total. The van der Waals surface area contributed by atoms with Crippen molar-refractivity contribution >= 4 is 5.91 Å². The summed E-state index contributed by atoms with van der Waals surface area (Å²) in [6.45, 7) is -2.13. The summed E-state index contributed by atoms with van der Waals surface area (Å²) in [6.07, 6.45) is -3.07. The monoisotopic (exact) mass is 318 g/mol. The van der Waals surface area contributed by atoms with Gasteiger partial charge in [-0.25, -0.2) is 30.7 Å². The molecular weight excluding hydrogens is 309 g/mol. The summed E-state index contributed by atoms with van der Waals surface area (Å²) in [7, 11) is 0. The highest BCUT2D eigenvalue weighted by molar-refractivity contribution is 5.95. The zero-order valence-electron chi connectivity index (χ0n) is 10.3. The number of carbonyl (C=O) groups is 1. The van der Waals surface area contributed by atoms with Crippen LogP contribution in [0, 0.1) is 29.1 Å². The van der Waals surface area contributed by atoms with Crippen LogP contribution in [0.25, 0.3) is 0 Å². The van der Waals surface area contributed by atoms with E-state index in [4.69, 9.17) is 5.73 Å². The number of carbonyl (C=O) groups excluding carboxylic acids is 1. The Balaban J connectivity index is 3.34. The van der Waals surface area contributed by atoms with Crippen LogP contribution in [0.4, 0.5) is 30.7 Å². The van der Waals surface area contributed by atoms with Crippen LogP contribution >= 0.6 is 0 Å². The largest absolute Gasteiger partial charge is 0.331 e. The molecule has 0 radical (unpaired) electrons. The van der Waals surface area contributed by atoms with Crippen molar-refractivity contribution in [3.8, 4) is 0 Å². The highest BCUT2D eigenvalue weighted by Gasteiger charge is 2.32. The van der Waals surface area contributed by atoms with Gasteiger partial charge in [-0.1, -0.05) is 0 Å². The molecule has 0 aliphatic carbocycles. The van der Waals surface area contributed by atoms with Gasteiger partial charge in [-0.3, -0.25) is 4.79 Å². The summed E-state index contributed by atoms with van der Waals surface area (Å²) >= 11 is 0. The van der Waals surface area contributed by atoms with Gasteiger partial charge in [0.25, 0.3) is 12.3 Å². The number of nitrogens with zero attached hydrogens (tertiary/aromatic N) is 1. The Bertz CT molecular complexity index is 521. The minimum atomic E-state index is -3.07. The highest BCUT2D eigenvalue weighted by Crippen LogP contribution is 2.24. The molecule has 1 rings (SSSR count). The van der Waals surface area contributed by atoms with E-state index < -0.39 is 60.1 Å². The number of benzene rings is 1. The topological polar surface area (TPSA) is 46.3 Å². The van der Waals surface area contributed by atoms with Crippen LogP contribution in [0.1, 0.15) is 10.4 Å². The average Bonchev–Trinajstić information content (AvgIpc) is 2.42. The summed E-state index contributed by atoms with van der Waals surface area (Å²) in [5.41, 5.74) is 3.26. The van der Waals surface area contributed by atoms with Crippen molar-refractivity contribution in [1.29, 1.82) is 0 Å². The predicted molar refractivity (Wildman–Crippen MR) is 57.2 cm³/mol. The van der Waals surface area contributed by atoms with Crippen LogP contribution in [-0.2, 0) is 0 Å². The Hall–Kier alpha value is -1.84. The van der Waals surface area contributed by atoms with E-state index >= 15 is 0 Å². The second kappa shape index (κ2) is 6.74. The van der Waals surface area contributed by atoms with E-state index in [1.807, 2.05) is 0 Å². The molecule has 0 atom stereocenters. The lowest BCUT2D eigenvalue weighted by Gasteiger charge is -2.22. The second-order valence-electron chi connectivity index (χ2n) is 3.88. The molecule has 0 aliphatic heterocycles. The Morgan fingerprint density at radius 1 is 0.952 bits per heavy atom. The Kier molecular flexibility index (Phi) is 5.53. The number of nitrogens with two attached hydrogens (primary N) is 1. The lowest BCUT2D eigenvalue weighted by Crippen LogP contribution is -2.39. The third kappa shape index (κ3) is 3.43. The summed E-state index contributed by atoms with van der Waals surface area (Å²) in [6, 6.07) is 0. The van der Waals surface area contributed by atoms with Crippen molar-refractivity contribution in [2.24, 2.45) is 5.73 Å². The molecule has 0 aliphatic rings. The molecule has 118 valence electrons. The van der Waals surface area contributed by atoms with E-state index in [0.29, 0.717) is 0 Å². The van der Waals surface area contributed by atoms with Gasteiger partial charge >= 0.3 is 0 Å². The molecule has 10 heteroatoms. The minimum Gasteiger partial charge on any atom is -0.331 e. The molecule has 0 bridgehead atoms. The van der Waals surface area contributed by atoms with Gasteiger partial charge < -0.3 is 10.6 Å². The fourth-order valence-electron chi connectivity index (χ4n) is 1.55. The molecule has 0 fully saturated rings. The van der Waals surface area contributed by atoms with E-state index in [9.17, 15) is 35.5 Å². The van der Waals surface area contributed by atoms with E-state index in [1.54, 1.807) is 0 Å². The standard InChI is InChI=1S/C11H9F7N2O/c12-4(13)3-20(2-1-19)11(21)5-6(14)8(16)10(18)9(17)7(5)15/h4H,1-3,19H2. The molecule has 0 spiro atoms. The molecule has 0 saturated heterocycles. The van der Waals surface area contributed by atoms with E-state index in [1.165, 1.54) is 0 Å². The Morgan fingerprint density at radius 3 is 1.76 bits per heavy atom. The van der Waals surface area contributed by atoms with Gasteiger partial charge in [0.05, 0.1) is 6.54 Å². The SMILES string of the molecule is NCCN(CC(F)F)C(=O)c1c(F)c(F)c(F)c(F)c1F. The van der Waals surface area contributed by atoms with E-state index in [-0.39, 0.29) is 11.4 Å². The molecule has 1 aromatic carbocycles. The summed E-state index contributed by atoms with van der Waals surface area (Å²) in [5, 5.41) is 0. The number of halogens is 7. The maximum Gasteiger partial charge on any atom is 0.260 e. The van der Waals surface area contributed by atoms with Crippen LogP contribution in [0.2, 0.25) is 0 Å². The van der Waals surface area contributed by atoms with Gasteiger partial charge in [-0.2, -0.15) is 0 Å². The molecule has 0 heterocycles. The third-order valence-electron chi connectivity index (χ3n) is 2.47. The van der Waals surface area contributed by atoms with Crippen molar-refractivity contribution in [2.75, 3.05) is 19.6 Å². The average molecular weight is 318 g/mol. The fraction of sp³-hybridized carbons (Fsp3) is 0.364. The van der Waals surface area contributed by atoms with Gasteiger partial charge in [-0.15, -0.1) is 0 Å². The maximum atomic E-state index is 13.4. The first-order valence-corrected chi connectivity index (χ1v) is 5.51. The number of hydrogen-bond donors (Lipinski definition) is 1. The van der Waals surface area contributed by atoms with Crippen LogP contribution in [0.3, 0.4) is 0 Å². The van der Waals surface area contributed by atoms with Gasteiger partial charge in [0.1, 0.15) is 5.56 Å². The molecule has 0 saturated carbocycles. The fourth-order valence-corrected chi connectivity index (χ4v) is 1.55. The number of alkyl halides is 2. The molecule has 2 N–H and O–H groups in total. The minimum absolute atomic E-state index is 0.211. The van der Waals surface area contributed by atoms with Crippen molar-refractivity contribution in [2.45, 2.75) is 6.43 Å². The summed E-state index contributed by atoms with van der Waals surface area (Å²) in [5.74, 6) is -13.6. The summed E-state index contributed by atoms with van der Waals surface area (Å²) < 4.78 is 90.1. The van der Waals surface area contributed by atoms with Crippen molar-refractivity contribution in [1.82, 2.24) is 4.90 Å². The van der Waals surface area contributed by atoms with Gasteiger partial charge in [0, 0.05) is 13.1 Å². The lowest BCUT2D eigenvalue weighted by molar-refractivity contribution is 0.0551. The zero-order chi connectivity index (χ0) is 16.3. The van der Waals surface area contributed by atoms with Crippen molar-refractivity contribution in [3.05, 3.63) is 34.6 Å². The lowest BCUT2D eigenvalue weighted by atomic mass is 10.1. The molecular formula is C11H9F7N2O. The summed E-state index contributed by atoms with van der Waals surface area (Å²) in [4.78, 5) is 11.9. The molecule has 1 amide bonds. The first kappa shape index (κ1) is 17.2. The first-order chi connectivity index (χ1) is 9.72. The van der Waals surface area contributed by atoms with Crippen molar-refractivity contribution in [3.63, 3.8) is 0 Å². The Labute approximate surface area is 114 Å². The normalized spacial score (nSPS) is 11.1. The van der Waals surface area contributed by atoms with Crippen LogP contribution < -0.4 is 5.73 Å². The number of hydrogen-bond acceptors (Lipinski definition) is 2. The van der Waals surface area contributed by atoms with Gasteiger partial charge in [-0.05, 0) is 0 Å². The quantitative estimate of drug-likeness (QED) is 0.513.